The minimum Gasteiger partial charge on any atom is -0.378 e. The molecule has 0 saturated carbocycles. The van der Waals surface area contributed by atoms with Crippen LogP contribution in [0.3, 0.4) is 0 Å². The topological polar surface area (TPSA) is 64.7 Å². The molecular weight excluding hydrogens is 292 g/mol. The first kappa shape index (κ1) is 19.0. The van der Waals surface area contributed by atoms with Crippen LogP contribution in [0.25, 0.3) is 0 Å². The van der Waals surface area contributed by atoms with Gasteiger partial charge in [-0.1, -0.05) is 0 Å². The van der Waals surface area contributed by atoms with E-state index in [2.05, 4.69) is 10.6 Å². The summed E-state index contributed by atoms with van der Waals surface area (Å²) in [7, 11) is 5.67. The molecule has 0 spiro atoms. The maximum atomic E-state index is 12.0. The Balaban J connectivity index is 2.45. The lowest BCUT2D eigenvalue weighted by Gasteiger charge is -2.23. The SMILES string of the molecule is CN(CC(=O)Nc1ccc(N(C)C)cc1)CC(=O)NC(C)(C)C. The van der Waals surface area contributed by atoms with Gasteiger partial charge in [0.1, 0.15) is 0 Å². The lowest BCUT2D eigenvalue weighted by atomic mass is 10.1. The first-order chi connectivity index (χ1) is 10.6. The average Bonchev–Trinajstić information content (AvgIpc) is 2.36. The summed E-state index contributed by atoms with van der Waals surface area (Å²) < 4.78 is 0. The third-order valence-corrected chi connectivity index (χ3v) is 3.01. The van der Waals surface area contributed by atoms with Crippen LogP contribution in [0.4, 0.5) is 11.4 Å². The number of hydrogen-bond acceptors (Lipinski definition) is 4. The monoisotopic (exact) mass is 320 g/mol. The van der Waals surface area contributed by atoms with E-state index in [1.54, 1.807) is 11.9 Å². The molecule has 0 unspecified atom stereocenters. The molecule has 1 rings (SSSR count). The van der Waals surface area contributed by atoms with Gasteiger partial charge in [-0.3, -0.25) is 14.5 Å². The number of likely N-dealkylation sites (N-methyl/N-ethyl adjacent to an activating group) is 1. The van der Waals surface area contributed by atoms with Crippen LogP contribution in [0.5, 0.6) is 0 Å². The van der Waals surface area contributed by atoms with Gasteiger partial charge in [0.15, 0.2) is 0 Å². The molecule has 0 saturated heterocycles. The normalized spacial score (nSPS) is 11.3. The Hall–Kier alpha value is -2.08. The summed E-state index contributed by atoms with van der Waals surface area (Å²) >= 11 is 0. The number of anilines is 2. The van der Waals surface area contributed by atoms with E-state index in [9.17, 15) is 9.59 Å². The Labute approximate surface area is 138 Å². The first-order valence-electron chi connectivity index (χ1n) is 7.63. The predicted molar refractivity (Wildman–Crippen MR) is 94.8 cm³/mol. The van der Waals surface area contributed by atoms with Crippen molar-refractivity contribution in [3.05, 3.63) is 24.3 Å². The molecule has 6 heteroatoms. The van der Waals surface area contributed by atoms with Crippen molar-refractivity contribution >= 4 is 23.2 Å². The molecule has 0 bridgehead atoms. The van der Waals surface area contributed by atoms with Crippen molar-refractivity contribution in [2.45, 2.75) is 26.3 Å². The highest BCUT2D eigenvalue weighted by molar-refractivity contribution is 5.92. The Morgan fingerprint density at radius 2 is 1.48 bits per heavy atom. The molecule has 0 aliphatic rings. The Morgan fingerprint density at radius 1 is 0.957 bits per heavy atom. The van der Waals surface area contributed by atoms with Crippen molar-refractivity contribution in [3.8, 4) is 0 Å². The average molecular weight is 320 g/mol. The second-order valence-corrected chi connectivity index (χ2v) is 6.96. The molecule has 23 heavy (non-hydrogen) atoms. The lowest BCUT2D eigenvalue weighted by Crippen LogP contribution is -2.46. The van der Waals surface area contributed by atoms with Gasteiger partial charge in [0.2, 0.25) is 11.8 Å². The van der Waals surface area contributed by atoms with Crippen molar-refractivity contribution in [1.82, 2.24) is 10.2 Å². The van der Waals surface area contributed by atoms with E-state index in [1.807, 2.05) is 64.0 Å². The Morgan fingerprint density at radius 3 is 1.96 bits per heavy atom. The number of carbonyl (C=O) groups is 2. The van der Waals surface area contributed by atoms with Gasteiger partial charge in [-0.15, -0.1) is 0 Å². The van der Waals surface area contributed by atoms with Gasteiger partial charge in [-0.2, -0.15) is 0 Å². The highest BCUT2D eigenvalue weighted by Crippen LogP contribution is 2.15. The van der Waals surface area contributed by atoms with Crippen molar-refractivity contribution in [3.63, 3.8) is 0 Å². The second-order valence-electron chi connectivity index (χ2n) is 6.96. The Kier molecular flexibility index (Phi) is 6.57. The molecule has 2 amide bonds. The van der Waals surface area contributed by atoms with Crippen molar-refractivity contribution in [2.24, 2.45) is 0 Å². The number of nitrogens with one attached hydrogen (secondary N) is 2. The largest absolute Gasteiger partial charge is 0.378 e. The maximum absolute atomic E-state index is 12.0. The highest BCUT2D eigenvalue weighted by atomic mass is 16.2. The molecule has 1 aromatic rings. The summed E-state index contributed by atoms with van der Waals surface area (Å²) in [6.45, 7) is 6.12. The quantitative estimate of drug-likeness (QED) is 0.834. The smallest absolute Gasteiger partial charge is 0.238 e. The fourth-order valence-electron chi connectivity index (χ4n) is 2.05. The fraction of sp³-hybridized carbons (Fsp3) is 0.529. The Bertz CT molecular complexity index is 533. The highest BCUT2D eigenvalue weighted by Gasteiger charge is 2.16. The molecule has 2 N–H and O–H groups in total. The molecule has 0 atom stereocenters. The summed E-state index contributed by atoms with van der Waals surface area (Å²) in [5.41, 5.74) is 1.54. The van der Waals surface area contributed by atoms with E-state index in [0.717, 1.165) is 11.4 Å². The summed E-state index contributed by atoms with van der Waals surface area (Å²) in [6, 6.07) is 7.60. The molecule has 6 nitrogen and oxygen atoms in total. The van der Waals surface area contributed by atoms with E-state index in [0.29, 0.717) is 0 Å². The van der Waals surface area contributed by atoms with Crippen LogP contribution in [0.15, 0.2) is 24.3 Å². The van der Waals surface area contributed by atoms with E-state index < -0.39 is 0 Å². The molecule has 0 aliphatic heterocycles. The molecule has 0 aromatic heterocycles. The van der Waals surface area contributed by atoms with Crippen molar-refractivity contribution in [2.75, 3.05) is 44.4 Å². The van der Waals surface area contributed by atoms with Gasteiger partial charge in [0.05, 0.1) is 13.1 Å². The van der Waals surface area contributed by atoms with Gasteiger partial charge in [0.25, 0.3) is 0 Å². The van der Waals surface area contributed by atoms with E-state index >= 15 is 0 Å². The van der Waals surface area contributed by atoms with Gasteiger partial charge in [0, 0.05) is 31.0 Å². The zero-order valence-corrected chi connectivity index (χ0v) is 14.9. The van der Waals surface area contributed by atoms with Crippen LogP contribution in [0.1, 0.15) is 20.8 Å². The number of amides is 2. The van der Waals surface area contributed by atoms with Crippen LogP contribution in [-0.2, 0) is 9.59 Å². The van der Waals surface area contributed by atoms with E-state index in [1.165, 1.54) is 0 Å². The fourth-order valence-corrected chi connectivity index (χ4v) is 2.05. The summed E-state index contributed by atoms with van der Waals surface area (Å²) in [6.07, 6.45) is 0. The molecular formula is C17H28N4O2. The lowest BCUT2D eigenvalue weighted by molar-refractivity contribution is -0.124. The number of hydrogen-bond donors (Lipinski definition) is 2. The van der Waals surface area contributed by atoms with E-state index in [4.69, 9.17) is 0 Å². The molecule has 128 valence electrons. The maximum Gasteiger partial charge on any atom is 0.238 e. The van der Waals surface area contributed by atoms with Crippen molar-refractivity contribution < 1.29 is 9.59 Å². The first-order valence-corrected chi connectivity index (χ1v) is 7.63. The minimum absolute atomic E-state index is 0.0943. The second kappa shape index (κ2) is 7.97. The van der Waals surface area contributed by atoms with Crippen LogP contribution in [0, 0.1) is 0 Å². The molecule has 1 aromatic carbocycles. The molecule has 0 fully saturated rings. The van der Waals surface area contributed by atoms with Gasteiger partial charge >= 0.3 is 0 Å². The summed E-state index contributed by atoms with van der Waals surface area (Å²) in [5, 5.41) is 5.70. The number of carbonyl (C=O) groups excluding carboxylic acids is 2. The minimum atomic E-state index is -0.269. The van der Waals surface area contributed by atoms with Crippen molar-refractivity contribution in [1.29, 1.82) is 0 Å². The molecule has 0 radical (unpaired) electrons. The predicted octanol–water partition coefficient (Wildman–Crippen LogP) is 1.54. The zero-order chi connectivity index (χ0) is 17.6. The number of nitrogens with zero attached hydrogens (tertiary/aromatic N) is 2. The molecule has 0 heterocycles. The summed E-state index contributed by atoms with van der Waals surface area (Å²) in [4.78, 5) is 27.5. The van der Waals surface area contributed by atoms with Crippen LogP contribution in [0.2, 0.25) is 0 Å². The third kappa shape index (κ3) is 7.65. The van der Waals surface area contributed by atoms with Crippen LogP contribution >= 0.6 is 0 Å². The summed E-state index contributed by atoms with van der Waals surface area (Å²) in [5.74, 6) is -0.239. The van der Waals surface area contributed by atoms with E-state index in [-0.39, 0.29) is 30.4 Å². The molecule has 0 aliphatic carbocycles. The number of benzene rings is 1. The zero-order valence-electron chi connectivity index (χ0n) is 14.9. The van der Waals surface area contributed by atoms with Crippen LogP contribution in [-0.4, -0.2) is 56.5 Å². The van der Waals surface area contributed by atoms with Gasteiger partial charge in [-0.25, -0.2) is 0 Å². The van der Waals surface area contributed by atoms with Gasteiger partial charge < -0.3 is 15.5 Å². The standard InChI is InChI=1S/C17H28N4O2/c1-17(2,3)19-16(23)12-21(6)11-15(22)18-13-7-9-14(10-8-13)20(4)5/h7-10H,11-12H2,1-6H3,(H,18,22)(H,19,23). The van der Waals surface area contributed by atoms with Gasteiger partial charge in [-0.05, 0) is 52.1 Å². The number of rotatable bonds is 6. The van der Waals surface area contributed by atoms with Crippen LogP contribution < -0.4 is 15.5 Å². The third-order valence-electron chi connectivity index (χ3n) is 3.01.